The lowest BCUT2D eigenvalue weighted by Gasteiger charge is -2.12. The highest BCUT2D eigenvalue weighted by Gasteiger charge is 2.18. The van der Waals surface area contributed by atoms with Crippen molar-refractivity contribution < 1.29 is 8.42 Å². The van der Waals surface area contributed by atoms with Gasteiger partial charge in [-0.15, -0.1) is 11.3 Å². The van der Waals surface area contributed by atoms with Crippen LogP contribution >= 0.6 is 11.3 Å². The molecule has 0 aliphatic rings. The monoisotopic (exact) mass is 325 g/mol. The molecule has 114 valence electrons. The first-order valence-electron chi connectivity index (χ1n) is 6.58. The van der Waals surface area contributed by atoms with Gasteiger partial charge in [0, 0.05) is 11.9 Å². The molecule has 5 nitrogen and oxygen atoms in total. The second-order valence-corrected chi connectivity index (χ2v) is 7.55. The topological polar surface area (TPSA) is 71.1 Å². The van der Waals surface area contributed by atoms with E-state index >= 15 is 0 Å². The Hall–Kier alpha value is -1.28. The van der Waals surface area contributed by atoms with Gasteiger partial charge in [0.05, 0.1) is 22.1 Å². The zero-order chi connectivity index (χ0) is 15.5. The predicted octanol–water partition coefficient (Wildman–Crippen LogP) is 1.96. The van der Waals surface area contributed by atoms with E-state index in [-0.39, 0.29) is 6.54 Å². The second kappa shape index (κ2) is 6.65. The fourth-order valence-electron chi connectivity index (χ4n) is 2.07. The van der Waals surface area contributed by atoms with Crippen molar-refractivity contribution in [1.82, 2.24) is 15.0 Å². The van der Waals surface area contributed by atoms with Gasteiger partial charge in [-0.05, 0) is 38.1 Å². The van der Waals surface area contributed by atoms with Gasteiger partial charge in [0.1, 0.15) is 0 Å². The van der Waals surface area contributed by atoms with Gasteiger partial charge in [0.25, 0.3) is 0 Å². The summed E-state index contributed by atoms with van der Waals surface area (Å²) in [6.45, 7) is 4.57. The van der Waals surface area contributed by atoms with Crippen LogP contribution < -0.4 is 10.0 Å². The summed E-state index contributed by atoms with van der Waals surface area (Å²) in [4.78, 5) is 4.58. The molecule has 0 aliphatic carbocycles. The van der Waals surface area contributed by atoms with Crippen molar-refractivity contribution in [3.63, 3.8) is 0 Å². The summed E-state index contributed by atoms with van der Waals surface area (Å²) in [5, 5.41) is 5.83. The summed E-state index contributed by atoms with van der Waals surface area (Å²) in [6, 6.07) is 5.32. The fourth-order valence-corrected chi connectivity index (χ4v) is 3.97. The van der Waals surface area contributed by atoms with Crippen molar-refractivity contribution in [3.8, 4) is 0 Å². The van der Waals surface area contributed by atoms with Gasteiger partial charge in [-0.2, -0.15) is 0 Å². The average Bonchev–Trinajstić information content (AvgIpc) is 2.85. The van der Waals surface area contributed by atoms with Gasteiger partial charge in [-0.1, -0.05) is 12.1 Å². The van der Waals surface area contributed by atoms with Gasteiger partial charge in [0.15, 0.2) is 0 Å². The minimum absolute atomic E-state index is 0.211. The molecule has 1 heterocycles. The van der Waals surface area contributed by atoms with E-state index in [1.807, 2.05) is 32.3 Å². The molecule has 21 heavy (non-hydrogen) atoms. The van der Waals surface area contributed by atoms with Crippen LogP contribution in [-0.4, -0.2) is 20.4 Å². The predicted molar refractivity (Wildman–Crippen MR) is 84.8 cm³/mol. The Morgan fingerprint density at radius 2 is 2.00 bits per heavy atom. The fraction of sp³-hybridized carbons (Fsp3) is 0.357. The summed E-state index contributed by atoms with van der Waals surface area (Å²) in [5.41, 5.74) is 2.49. The third kappa shape index (κ3) is 3.88. The average molecular weight is 325 g/mol. The lowest BCUT2D eigenvalue weighted by Crippen LogP contribution is -2.24. The molecule has 0 radical (unpaired) electrons. The van der Waals surface area contributed by atoms with Crippen molar-refractivity contribution in [2.45, 2.75) is 31.8 Å². The first kappa shape index (κ1) is 16.1. The van der Waals surface area contributed by atoms with Crippen LogP contribution in [0, 0.1) is 13.8 Å². The van der Waals surface area contributed by atoms with Crippen LogP contribution in [0.2, 0.25) is 0 Å². The first-order chi connectivity index (χ1) is 9.94. The number of hydrogen-bond acceptors (Lipinski definition) is 5. The molecule has 2 N–H and O–H groups in total. The Kier molecular flexibility index (Phi) is 5.10. The Morgan fingerprint density at radius 1 is 1.24 bits per heavy atom. The van der Waals surface area contributed by atoms with Gasteiger partial charge in [-0.25, -0.2) is 18.1 Å². The summed E-state index contributed by atoms with van der Waals surface area (Å²) in [6.07, 6.45) is 0. The zero-order valence-electron chi connectivity index (χ0n) is 12.3. The molecule has 0 unspecified atom stereocenters. The first-order valence-corrected chi connectivity index (χ1v) is 8.94. The van der Waals surface area contributed by atoms with Crippen molar-refractivity contribution in [2.75, 3.05) is 7.05 Å². The number of sulfonamides is 1. The van der Waals surface area contributed by atoms with Gasteiger partial charge >= 0.3 is 0 Å². The van der Waals surface area contributed by atoms with Crippen molar-refractivity contribution in [1.29, 1.82) is 0 Å². The normalized spacial score (nSPS) is 11.8. The lowest BCUT2D eigenvalue weighted by atomic mass is 10.1. The van der Waals surface area contributed by atoms with E-state index in [0.717, 1.165) is 21.8 Å². The van der Waals surface area contributed by atoms with Crippen molar-refractivity contribution >= 4 is 21.4 Å². The number of nitrogens with one attached hydrogen (secondary N) is 2. The molecule has 0 saturated heterocycles. The number of benzene rings is 1. The smallest absolute Gasteiger partial charge is 0.241 e. The minimum atomic E-state index is -3.53. The molecular weight excluding hydrogens is 306 g/mol. The van der Waals surface area contributed by atoms with E-state index in [1.165, 1.54) is 11.3 Å². The Balaban J connectivity index is 2.21. The van der Waals surface area contributed by atoms with E-state index in [2.05, 4.69) is 15.0 Å². The van der Waals surface area contributed by atoms with Crippen LogP contribution in [0.4, 0.5) is 0 Å². The quantitative estimate of drug-likeness (QED) is 0.852. The van der Waals surface area contributed by atoms with Crippen LogP contribution in [-0.2, 0) is 23.1 Å². The number of thiazole rings is 1. The number of aryl methyl sites for hydroxylation is 1. The molecule has 0 spiro atoms. The molecule has 1 aromatic carbocycles. The standard InChI is InChI=1S/C14H19N3O2S2/c1-10-12(7-15-3)5-4-6-14(10)21(18,19)16-8-13-9-20-11(2)17-13/h4-6,9,15-16H,7-8H2,1-3H3. The molecule has 2 aromatic rings. The molecule has 7 heteroatoms. The molecule has 0 bridgehead atoms. The van der Waals surface area contributed by atoms with Crippen LogP contribution in [0.5, 0.6) is 0 Å². The Bertz CT molecular complexity index is 724. The maximum absolute atomic E-state index is 12.4. The molecule has 1 aromatic heterocycles. The van der Waals surface area contributed by atoms with Crippen molar-refractivity contribution in [3.05, 3.63) is 45.4 Å². The van der Waals surface area contributed by atoms with Gasteiger partial charge in [-0.3, -0.25) is 0 Å². The molecule has 0 amide bonds. The van der Waals surface area contributed by atoms with Crippen LogP contribution in [0.25, 0.3) is 0 Å². The van der Waals surface area contributed by atoms with E-state index in [0.29, 0.717) is 11.4 Å². The van der Waals surface area contributed by atoms with E-state index in [4.69, 9.17) is 0 Å². The molecule has 2 rings (SSSR count). The van der Waals surface area contributed by atoms with Crippen LogP contribution in [0.3, 0.4) is 0 Å². The summed E-state index contributed by atoms with van der Waals surface area (Å²) < 4.78 is 27.5. The highest BCUT2D eigenvalue weighted by Crippen LogP contribution is 2.19. The number of hydrogen-bond donors (Lipinski definition) is 2. The Morgan fingerprint density at radius 3 is 2.62 bits per heavy atom. The largest absolute Gasteiger partial charge is 0.316 e. The number of nitrogens with zero attached hydrogens (tertiary/aromatic N) is 1. The molecule has 0 saturated carbocycles. The molecular formula is C14H19N3O2S2. The summed E-state index contributed by atoms with van der Waals surface area (Å²) >= 11 is 1.51. The van der Waals surface area contributed by atoms with Crippen LogP contribution in [0.15, 0.2) is 28.5 Å². The van der Waals surface area contributed by atoms with Crippen molar-refractivity contribution in [2.24, 2.45) is 0 Å². The zero-order valence-corrected chi connectivity index (χ0v) is 13.9. The minimum Gasteiger partial charge on any atom is -0.316 e. The van der Waals surface area contributed by atoms with Gasteiger partial charge < -0.3 is 5.32 Å². The van der Waals surface area contributed by atoms with Crippen LogP contribution in [0.1, 0.15) is 21.8 Å². The van der Waals surface area contributed by atoms with E-state index in [1.54, 1.807) is 12.1 Å². The SMILES string of the molecule is CNCc1cccc(S(=O)(=O)NCc2csc(C)n2)c1C. The highest BCUT2D eigenvalue weighted by atomic mass is 32.2. The number of rotatable bonds is 6. The summed E-state index contributed by atoms with van der Waals surface area (Å²) in [5.74, 6) is 0. The summed E-state index contributed by atoms with van der Waals surface area (Å²) in [7, 11) is -1.70. The molecule has 0 fully saturated rings. The highest BCUT2D eigenvalue weighted by molar-refractivity contribution is 7.89. The molecule has 0 atom stereocenters. The van der Waals surface area contributed by atoms with Gasteiger partial charge in [0.2, 0.25) is 10.0 Å². The Labute approximate surface area is 129 Å². The van der Waals surface area contributed by atoms with E-state index < -0.39 is 10.0 Å². The van der Waals surface area contributed by atoms with E-state index in [9.17, 15) is 8.42 Å². The third-order valence-electron chi connectivity index (χ3n) is 3.16. The maximum atomic E-state index is 12.4. The third-order valence-corrected chi connectivity index (χ3v) is 5.53. The second-order valence-electron chi connectivity index (χ2n) is 4.75. The molecule has 0 aliphatic heterocycles. The number of aromatic nitrogens is 1. The maximum Gasteiger partial charge on any atom is 0.241 e. The lowest BCUT2D eigenvalue weighted by molar-refractivity contribution is 0.579.